The lowest BCUT2D eigenvalue weighted by molar-refractivity contribution is -0.152. The van der Waals surface area contributed by atoms with E-state index in [4.69, 9.17) is 4.74 Å². The highest BCUT2D eigenvalue weighted by atomic mass is 16.5. The molecule has 0 aromatic heterocycles. The van der Waals surface area contributed by atoms with Crippen LogP contribution in [0.2, 0.25) is 0 Å². The molecule has 1 spiro atoms. The normalized spacial score (nSPS) is 30.9. The molecule has 1 unspecified atom stereocenters. The zero-order chi connectivity index (χ0) is 29.0. The van der Waals surface area contributed by atoms with Gasteiger partial charge in [-0.25, -0.2) is 0 Å². The van der Waals surface area contributed by atoms with Gasteiger partial charge in [-0.2, -0.15) is 0 Å². The Labute approximate surface area is 244 Å². The van der Waals surface area contributed by atoms with E-state index in [2.05, 4.69) is 6.92 Å². The van der Waals surface area contributed by atoms with E-state index < -0.39 is 29.1 Å². The predicted octanol–water partition coefficient (Wildman–Crippen LogP) is 4.09. The van der Waals surface area contributed by atoms with Crippen molar-refractivity contribution in [2.45, 2.75) is 82.5 Å². The highest BCUT2D eigenvalue weighted by Gasteiger charge is 2.75. The summed E-state index contributed by atoms with van der Waals surface area (Å²) >= 11 is 0. The van der Waals surface area contributed by atoms with Crippen molar-refractivity contribution in [2.75, 3.05) is 37.7 Å². The first-order valence-electron chi connectivity index (χ1n) is 15.6. The van der Waals surface area contributed by atoms with Gasteiger partial charge >= 0.3 is 0 Å². The molecular formula is C33H45N3O5. The van der Waals surface area contributed by atoms with Crippen LogP contribution in [-0.4, -0.2) is 82.7 Å². The molecule has 1 N–H and O–H groups in total. The lowest BCUT2D eigenvalue weighted by Gasteiger charge is -2.38. The van der Waals surface area contributed by atoms with Crippen molar-refractivity contribution in [2.24, 2.45) is 11.8 Å². The number of aliphatic hydroxyl groups is 1. The Morgan fingerprint density at radius 1 is 0.829 bits per heavy atom. The number of aliphatic hydroxyl groups excluding tert-OH is 1. The summed E-state index contributed by atoms with van der Waals surface area (Å²) in [5, 5.41) is 9.19. The van der Waals surface area contributed by atoms with Crippen LogP contribution < -0.4 is 4.90 Å². The molecule has 0 bridgehead atoms. The Balaban J connectivity index is 1.55. The van der Waals surface area contributed by atoms with E-state index in [0.29, 0.717) is 32.6 Å². The first-order valence-corrected chi connectivity index (χ1v) is 15.6. The molecule has 0 saturated carbocycles. The average molecular weight is 564 g/mol. The van der Waals surface area contributed by atoms with Crippen molar-refractivity contribution in [3.63, 3.8) is 0 Å². The van der Waals surface area contributed by atoms with Crippen LogP contribution in [0.1, 0.15) is 65.2 Å². The van der Waals surface area contributed by atoms with Crippen LogP contribution in [0.3, 0.4) is 0 Å². The van der Waals surface area contributed by atoms with E-state index in [1.54, 1.807) is 9.80 Å². The zero-order valence-corrected chi connectivity index (χ0v) is 24.5. The number of amides is 3. The molecule has 4 aliphatic heterocycles. The van der Waals surface area contributed by atoms with Gasteiger partial charge in [0.25, 0.3) is 0 Å². The molecule has 4 heterocycles. The number of carbonyl (C=O) groups is 3. The number of carbonyl (C=O) groups excluding carboxylic acids is 3. The number of anilines is 1. The molecular weight excluding hydrogens is 518 g/mol. The molecule has 4 aliphatic rings. The summed E-state index contributed by atoms with van der Waals surface area (Å²) in [6, 6.07) is 8.76. The SMILES string of the molecule is CCCCCN1CC=C[C@]23O[C@@]4(CC)C=CCN(c5ccccc5)C(=O)[C@H]4[C@H]2C(=O)N(CCCCCCO)C3C1=O. The maximum absolute atomic E-state index is 14.5. The second kappa shape index (κ2) is 12.5. The predicted molar refractivity (Wildman–Crippen MR) is 158 cm³/mol. The minimum Gasteiger partial charge on any atom is -0.396 e. The summed E-state index contributed by atoms with van der Waals surface area (Å²) in [5.41, 5.74) is -1.40. The van der Waals surface area contributed by atoms with Crippen molar-refractivity contribution in [1.82, 2.24) is 9.80 Å². The van der Waals surface area contributed by atoms with Crippen molar-refractivity contribution in [3.05, 3.63) is 54.6 Å². The average Bonchev–Trinajstić information content (AvgIpc) is 3.27. The summed E-state index contributed by atoms with van der Waals surface area (Å²) in [6.07, 6.45) is 14.6. The van der Waals surface area contributed by atoms with E-state index in [9.17, 15) is 19.5 Å². The Bertz CT molecular complexity index is 1170. The molecule has 3 amide bonds. The van der Waals surface area contributed by atoms with Crippen molar-refractivity contribution < 1.29 is 24.2 Å². The van der Waals surface area contributed by atoms with Crippen LogP contribution in [0.5, 0.6) is 0 Å². The van der Waals surface area contributed by atoms with Gasteiger partial charge in [-0.05, 0) is 37.8 Å². The summed E-state index contributed by atoms with van der Waals surface area (Å²) < 4.78 is 7.06. The van der Waals surface area contributed by atoms with Gasteiger partial charge in [0.1, 0.15) is 11.6 Å². The van der Waals surface area contributed by atoms with Gasteiger partial charge in [0.2, 0.25) is 17.7 Å². The van der Waals surface area contributed by atoms with Gasteiger partial charge in [0.15, 0.2) is 0 Å². The maximum Gasteiger partial charge on any atom is 0.249 e. The molecule has 2 saturated heterocycles. The first-order chi connectivity index (χ1) is 19.9. The second-order valence-corrected chi connectivity index (χ2v) is 11.9. The van der Waals surface area contributed by atoms with Gasteiger partial charge in [-0.15, -0.1) is 0 Å². The molecule has 41 heavy (non-hydrogen) atoms. The number of para-hydroxylation sites is 1. The molecule has 0 radical (unpaired) electrons. The van der Waals surface area contributed by atoms with Crippen LogP contribution in [0, 0.1) is 11.8 Å². The second-order valence-electron chi connectivity index (χ2n) is 11.9. The highest BCUT2D eigenvalue weighted by molar-refractivity contribution is 6.04. The fraction of sp³-hybridized carbons (Fsp3) is 0.606. The van der Waals surface area contributed by atoms with E-state index in [0.717, 1.165) is 50.6 Å². The third-order valence-electron chi connectivity index (χ3n) is 9.43. The molecule has 8 nitrogen and oxygen atoms in total. The molecule has 1 aromatic rings. The Kier molecular flexibility index (Phi) is 9.00. The Hall–Kier alpha value is -2.97. The molecule has 5 atom stereocenters. The fourth-order valence-corrected chi connectivity index (χ4v) is 7.39. The summed E-state index contributed by atoms with van der Waals surface area (Å²) in [7, 11) is 0. The van der Waals surface area contributed by atoms with Crippen LogP contribution in [0.15, 0.2) is 54.6 Å². The van der Waals surface area contributed by atoms with E-state index >= 15 is 0 Å². The number of unbranched alkanes of at least 4 members (excludes halogenated alkanes) is 5. The van der Waals surface area contributed by atoms with Gasteiger partial charge in [0.05, 0.1) is 17.4 Å². The lowest BCUT2D eigenvalue weighted by atomic mass is 9.73. The fourth-order valence-electron chi connectivity index (χ4n) is 7.39. The number of rotatable bonds is 12. The van der Waals surface area contributed by atoms with Crippen LogP contribution in [0.25, 0.3) is 0 Å². The standard InChI is InChI=1S/C33H45N3O5/c1-3-5-11-20-34-21-15-19-33-27(30(39)36(28(33)31(34)40)22-12-6-7-13-24-37)26-29(38)35(25-16-9-8-10-17-25)23-14-18-32(26,4-2)41-33/h8-10,14-19,26-28,37H,3-7,11-13,20-24H2,1-2H3/t26-,27+,28?,32+,33+/m1/s1. The Morgan fingerprint density at radius 2 is 1.56 bits per heavy atom. The molecule has 1 aromatic carbocycles. The molecule has 0 aliphatic carbocycles. The van der Waals surface area contributed by atoms with Crippen LogP contribution in [-0.2, 0) is 19.1 Å². The smallest absolute Gasteiger partial charge is 0.249 e. The highest BCUT2D eigenvalue weighted by Crippen LogP contribution is 2.58. The van der Waals surface area contributed by atoms with E-state index in [1.807, 2.05) is 66.5 Å². The summed E-state index contributed by atoms with van der Waals surface area (Å²) in [5.74, 6) is -1.92. The minimum absolute atomic E-state index is 0.0867. The number of fused-ring (bicyclic) bond motifs is 2. The lowest BCUT2D eigenvalue weighted by Crippen LogP contribution is -2.56. The van der Waals surface area contributed by atoms with Gasteiger partial charge in [0, 0.05) is 38.5 Å². The monoisotopic (exact) mass is 563 g/mol. The number of ether oxygens (including phenoxy) is 1. The summed E-state index contributed by atoms with van der Waals surface area (Å²) in [4.78, 5) is 48.7. The third kappa shape index (κ3) is 5.14. The van der Waals surface area contributed by atoms with Gasteiger partial charge < -0.3 is 24.5 Å². The van der Waals surface area contributed by atoms with Crippen molar-refractivity contribution >= 4 is 23.4 Å². The maximum atomic E-state index is 14.5. The molecule has 2 fully saturated rings. The molecule has 5 rings (SSSR count). The van der Waals surface area contributed by atoms with Crippen LogP contribution in [0.4, 0.5) is 5.69 Å². The van der Waals surface area contributed by atoms with Crippen molar-refractivity contribution in [1.29, 1.82) is 0 Å². The number of hydrogen-bond donors (Lipinski definition) is 1. The quantitative estimate of drug-likeness (QED) is 0.306. The topological polar surface area (TPSA) is 90.4 Å². The zero-order valence-electron chi connectivity index (χ0n) is 24.5. The number of hydrogen-bond acceptors (Lipinski definition) is 5. The Morgan fingerprint density at radius 3 is 2.29 bits per heavy atom. The minimum atomic E-state index is -1.21. The third-order valence-corrected chi connectivity index (χ3v) is 9.43. The summed E-state index contributed by atoms with van der Waals surface area (Å²) in [6.45, 7) is 6.22. The number of nitrogens with zero attached hydrogens (tertiary/aromatic N) is 3. The van der Waals surface area contributed by atoms with Gasteiger partial charge in [-0.3, -0.25) is 14.4 Å². The number of likely N-dealkylation sites (tertiary alicyclic amines) is 1. The largest absolute Gasteiger partial charge is 0.396 e. The van der Waals surface area contributed by atoms with E-state index in [-0.39, 0.29) is 24.3 Å². The molecule has 222 valence electrons. The van der Waals surface area contributed by atoms with Crippen molar-refractivity contribution in [3.8, 4) is 0 Å². The van der Waals surface area contributed by atoms with Gasteiger partial charge in [-0.1, -0.05) is 82.0 Å². The number of benzene rings is 1. The molecule has 8 heteroatoms. The van der Waals surface area contributed by atoms with Crippen LogP contribution >= 0.6 is 0 Å². The van der Waals surface area contributed by atoms with E-state index in [1.165, 1.54) is 0 Å². The first kappa shape index (κ1) is 29.5.